The van der Waals surface area contributed by atoms with E-state index in [-0.39, 0.29) is 6.04 Å². The SMILES string of the molecule is COc1ccccc1CCC(N)c1ccccc1. The zero-order valence-corrected chi connectivity index (χ0v) is 10.7. The number of methoxy groups -OCH3 is 1. The summed E-state index contributed by atoms with van der Waals surface area (Å²) in [6, 6.07) is 18.4. The van der Waals surface area contributed by atoms with Crippen LogP contribution in [0.2, 0.25) is 0 Å². The molecule has 2 nitrogen and oxygen atoms in total. The fourth-order valence-electron chi connectivity index (χ4n) is 2.09. The number of nitrogens with two attached hydrogens (primary N) is 1. The van der Waals surface area contributed by atoms with Gasteiger partial charge >= 0.3 is 0 Å². The van der Waals surface area contributed by atoms with Crippen molar-refractivity contribution in [3.8, 4) is 5.75 Å². The van der Waals surface area contributed by atoms with E-state index in [4.69, 9.17) is 10.5 Å². The summed E-state index contributed by atoms with van der Waals surface area (Å²) in [5.74, 6) is 0.942. The Hall–Kier alpha value is -1.80. The van der Waals surface area contributed by atoms with Crippen molar-refractivity contribution in [3.05, 3.63) is 65.7 Å². The molecule has 1 unspecified atom stereocenters. The number of hydrogen-bond acceptors (Lipinski definition) is 2. The quantitative estimate of drug-likeness (QED) is 0.871. The minimum Gasteiger partial charge on any atom is -0.496 e. The van der Waals surface area contributed by atoms with Gasteiger partial charge in [-0.1, -0.05) is 48.5 Å². The fraction of sp³-hybridized carbons (Fsp3) is 0.250. The van der Waals surface area contributed by atoms with Crippen LogP contribution in [0.5, 0.6) is 5.75 Å². The van der Waals surface area contributed by atoms with Gasteiger partial charge in [-0.2, -0.15) is 0 Å². The number of hydrogen-bond donors (Lipinski definition) is 1. The monoisotopic (exact) mass is 241 g/mol. The van der Waals surface area contributed by atoms with Gasteiger partial charge in [-0.3, -0.25) is 0 Å². The lowest BCUT2D eigenvalue weighted by molar-refractivity contribution is 0.408. The minimum absolute atomic E-state index is 0.0797. The molecule has 2 aromatic rings. The van der Waals surface area contributed by atoms with Crippen LogP contribution >= 0.6 is 0 Å². The first-order valence-electron chi connectivity index (χ1n) is 6.23. The molecule has 0 radical (unpaired) electrons. The Morgan fingerprint density at radius 3 is 2.39 bits per heavy atom. The Morgan fingerprint density at radius 2 is 1.67 bits per heavy atom. The van der Waals surface area contributed by atoms with E-state index in [0.717, 1.165) is 18.6 Å². The van der Waals surface area contributed by atoms with Crippen molar-refractivity contribution in [1.82, 2.24) is 0 Å². The van der Waals surface area contributed by atoms with E-state index in [1.54, 1.807) is 7.11 Å². The molecule has 0 bridgehead atoms. The smallest absolute Gasteiger partial charge is 0.122 e. The van der Waals surface area contributed by atoms with Crippen LogP contribution in [0, 0.1) is 0 Å². The van der Waals surface area contributed by atoms with Gasteiger partial charge in [0.1, 0.15) is 5.75 Å². The van der Waals surface area contributed by atoms with Gasteiger partial charge in [-0.25, -0.2) is 0 Å². The van der Waals surface area contributed by atoms with Crippen molar-refractivity contribution in [2.75, 3.05) is 7.11 Å². The third-order valence-electron chi connectivity index (χ3n) is 3.14. The molecule has 0 amide bonds. The van der Waals surface area contributed by atoms with E-state index in [2.05, 4.69) is 18.2 Å². The van der Waals surface area contributed by atoms with E-state index in [1.807, 2.05) is 36.4 Å². The molecular formula is C16H19NO. The van der Waals surface area contributed by atoms with Crippen molar-refractivity contribution in [2.24, 2.45) is 5.73 Å². The van der Waals surface area contributed by atoms with Crippen molar-refractivity contribution < 1.29 is 4.74 Å². The molecule has 0 saturated heterocycles. The molecule has 1 atom stereocenters. The molecule has 0 saturated carbocycles. The highest BCUT2D eigenvalue weighted by atomic mass is 16.5. The van der Waals surface area contributed by atoms with Gasteiger partial charge in [0.2, 0.25) is 0 Å². The first-order valence-corrected chi connectivity index (χ1v) is 6.23. The molecule has 2 aromatic carbocycles. The zero-order chi connectivity index (χ0) is 12.8. The predicted octanol–water partition coefficient (Wildman–Crippen LogP) is 3.33. The molecule has 0 aliphatic heterocycles. The largest absolute Gasteiger partial charge is 0.496 e. The van der Waals surface area contributed by atoms with Crippen LogP contribution < -0.4 is 10.5 Å². The fourth-order valence-corrected chi connectivity index (χ4v) is 2.09. The Bertz CT molecular complexity index is 481. The third-order valence-corrected chi connectivity index (χ3v) is 3.14. The summed E-state index contributed by atoms with van der Waals surface area (Å²) in [4.78, 5) is 0. The van der Waals surface area contributed by atoms with Gasteiger partial charge in [-0.15, -0.1) is 0 Å². The lowest BCUT2D eigenvalue weighted by Gasteiger charge is -2.13. The van der Waals surface area contributed by atoms with Crippen LogP contribution in [0.15, 0.2) is 54.6 Å². The highest BCUT2D eigenvalue weighted by Gasteiger charge is 2.07. The number of aryl methyl sites for hydroxylation is 1. The lowest BCUT2D eigenvalue weighted by atomic mass is 9.99. The molecule has 18 heavy (non-hydrogen) atoms. The Balaban J connectivity index is 1.99. The van der Waals surface area contributed by atoms with Gasteiger partial charge in [-0.05, 0) is 30.0 Å². The second-order valence-corrected chi connectivity index (χ2v) is 4.37. The summed E-state index contributed by atoms with van der Waals surface area (Å²) in [6.07, 6.45) is 1.85. The summed E-state index contributed by atoms with van der Waals surface area (Å²) >= 11 is 0. The van der Waals surface area contributed by atoms with E-state index in [9.17, 15) is 0 Å². The summed E-state index contributed by atoms with van der Waals surface area (Å²) in [5.41, 5.74) is 8.60. The van der Waals surface area contributed by atoms with Crippen LogP contribution in [-0.2, 0) is 6.42 Å². The topological polar surface area (TPSA) is 35.2 Å². The summed E-state index contributed by atoms with van der Waals surface area (Å²) < 4.78 is 5.34. The van der Waals surface area contributed by atoms with E-state index >= 15 is 0 Å². The second kappa shape index (κ2) is 6.22. The molecular weight excluding hydrogens is 222 g/mol. The molecule has 2 rings (SSSR count). The maximum absolute atomic E-state index is 6.19. The van der Waals surface area contributed by atoms with E-state index in [1.165, 1.54) is 11.1 Å². The standard InChI is InChI=1S/C16H19NO/c1-18-16-10-6-5-9-14(16)11-12-15(17)13-7-3-2-4-8-13/h2-10,15H,11-12,17H2,1H3. The lowest BCUT2D eigenvalue weighted by Crippen LogP contribution is -2.11. The Kier molecular flexibility index (Phi) is 4.37. The number of benzene rings is 2. The van der Waals surface area contributed by atoms with Gasteiger partial charge in [0.15, 0.2) is 0 Å². The zero-order valence-electron chi connectivity index (χ0n) is 10.7. The van der Waals surface area contributed by atoms with Gasteiger partial charge < -0.3 is 10.5 Å². The Labute approximate surface area is 108 Å². The van der Waals surface area contributed by atoms with Crippen LogP contribution in [0.25, 0.3) is 0 Å². The first-order chi connectivity index (χ1) is 8.81. The van der Waals surface area contributed by atoms with Crippen LogP contribution in [0.3, 0.4) is 0 Å². The highest BCUT2D eigenvalue weighted by Crippen LogP contribution is 2.22. The van der Waals surface area contributed by atoms with Crippen molar-refractivity contribution in [2.45, 2.75) is 18.9 Å². The molecule has 2 heteroatoms. The highest BCUT2D eigenvalue weighted by molar-refractivity contribution is 5.33. The molecule has 0 fully saturated rings. The maximum atomic E-state index is 6.19. The minimum atomic E-state index is 0.0797. The van der Waals surface area contributed by atoms with Gasteiger partial charge in [0.05, 0.1) is 7.11 Å². The molecule has 0 aromatic heterocycles. The maximum Gasteiger partial charge on any atom is 0.122 e. The van der Waals surface area contributed by atoms with Crippen LogP contribution in [0.4, 0.5) is 0 Å². The van der Waals surface area contributed by atoms with Crippen LogP contribution in [-0.4, -0.2) is 7.11 Å². The summed E-state index contributed by atoms with van der Waals surface area (Å²) in [5, 5.41) is 0. The summed E-state index contributed by atoms with van der Waals surface area (Å²) in [7, 11) is 1.70. The molecule has 2 N–H and O–H groups in total. The second-order valence-electron chi connectivity index (χ2n) is 4.37. The number of rotatable bonds is 5. The predicted molar refractivity (Wildman–Crippen MR) is 74.7 cm³/mol. The molecule has 0 heterocycles. The van der Waals surface area contributed by atoms with Crippen molar-refractivity contribution in [3.63, 3.8) is 0 Å². The summed E-state index contributed by atoms with van der Waals surface area (Å²) in [6.45, 7) is 0. The number of ether oxygens (including phenoxy) is 1. The van der Waals surface area contributed by atoms with Crippen LogP contribution in [0.1, 0.15) is 23.6 Å². The molecule has 0 spiro atoms. The van der Waals surface area contributed by atoms with Gasteiger partial charge in [0, 0.05) is 6.04 Å². The number of para-hydroxylation sites is 1. The third kappa shape index (κ3) is 3.11. The van der Waals surface area contributed by atoms with Crippen molar-refractivity contribution in [1.29, 1.82) is 0 Å². The normalized spacial score (nSPS) is 12.1. The molecule has 0 aliphatic carbocycles. The average Bonchev–Trinajstić information content (AvgIpc) is 2.46. The van der Waals surface area contributed by atoms with E-state index < -0.39 is 0 Å². The van der Waals surface area contributed by atoms with Crippen molar-refractivity contribution >= 4 is 0 Å². The first kappa shape index (κ1) is 12.7. The average molecular weight is 241 g/mol. The molecule has 0 aliphatic rings. The van der Waals surface area contributed by atoms with Gasteiger partial charge in [0.25, 0.3) is 0 Å². The molecule has 94 valence electrons. The van der Waals surface area contributed by atoms with E-state index in [0.29, 0.717) is 0 Å². The Morgan fingerprint density at radius 1 is 1.00 bits per heavy atom.